The molecule has 2 aromatic carbocycles. The molecule has 3 aromatic rings. The van der Waals surface area contributed by atoms with Gasteiger partial charge in [-0.2, -0.15) is 0 Å². The van der Waals surface area contributed by atoms with E-state index >= 15 is 0 Å². The molecule has 1 aliphatic rings. The van der Waals surface area contributed by atoms with Gasteiger partial charge < -0.3 is 0 Å². The van der Waals surface area contributed by atoms with Gasteiger partial charge in [0.1, 0.15) is 7.05 Å². The normalized spacial score (nSPS) is 12.2. The summed E-state index contributed by atoms with van der Waals surface area (Å²) in [7, 11) is 2.16. The maximum atomic E-state index is 2.33. The lowest BCUT2D eigenvalue weighted by molar-refractivity contribution is -0.660. The van der Waals surface area contributed by atoms with Crippen LogP contribution in [-0.2, 0) is 13.5 Å². The van der Waals surface area contributed by atoms with Crippen molar-refractivity contribution in [3.05, 3.63) is 76.5 Å². The van der Waals surface area contributed by atoms with Gasteiger partial charge in [-0.05, 0) is 60.6 Å². The van der Waals surface area contributed by atoms with Crippen LogP contribution in [0.4, 0.5) is 0 Å². The molecule has 0 amide bonds. The molecule has 114 valence electrons. The third-order valence-corrected chi connectivity index (χ3v) is 5.19. The molecule has 0 fully saturated rings. The quantitative estimate of drug-likeness (QED) is 0.450. The van der Waals surface area contributed by atoms with Gasteiger partial charge in [-0.3, -0.25) is 0 Å². The first-order valence-electron chi connectivity index (χ1n) is 8.24. The Hall–Kier alpha value is -2.41. The zero-order valence-corrected chi connectivity index (χ0v) is 14.3. The minimum atomic E-state index is 1.04. The summed E-state index contributed by atoms with van der Waals surface area (Å²) < 4.78 is 2.27. The molecule has 0 N–H and O–H groups in total. The smallest absolute Gasteiger partial charge is 0.201 e. The maximum absolute atomic E-state index is 2.33. The summed E-state index contributed by atoms with van der Waals surface area (Å²) in [4.78, 5) is 0. The van der Waals surface area contributed by atoms with Crippen molar-refractivity contribution in [1.82, 2.24) is 0 Å². The van der Waals surface area contributed by atoms with Crippen LogP contribution >= 0.6 is 0 Å². The molecule has 0 spiro atoms. The predicted molar refractivity (Wildman–Crippen MR) is 95.5 cm³/mol. The molecule has 0 atom stereocenters. The number of pyridine rings is 1. The van der Waals surface area contributed by atoms with Crippen LogP contribution in [0.2, 0.25) is 0 Å². The summed E-state index contributed by atoms with van der Waals surface area (Å²) in [6.45, 7) is 6.61. The minimum Gasteiger partial charge on any atom is -0.201 e. The molecule has 0 aliphatic heterocycles. The van der Waals surface area contributed by atoms with E-state index in [1.165, 1.54) is 50.2 Å². The summed E-state index contributed by atoms with van der Waals surface area (Å²) in [6.07, 6.45) is 3.28. The Labute approximate surface area is 138 Å². The Morgan fingerprint density at radius 3 is 2.43 bits per heavy atom. The van der Waals surface area contributed by atoms with Crippen molar-refractivity contribution in [2.24, 2.45) is 7.05 Å². The number of nitrogens with zero attached hydrogens (tertiary/aromatic N) is 1. The molecule has 1 aliphatic carbocycles. The number of rotatable bonds is 1. The van der Waals surface area contributed by atoms with Gasteiger partial charge in [0.2, 0.25) is 5.69 Å². The highest BCUT2D eigenvalue weighted by atomic mass is 14.9. The molecule has 1 heteroatoms. The fourth-order valence-electron chi connectivity index (χ4n) is 3.82. The topological polar surface area (TPSA) is 3.88 Å². The van der Waals surface area contributed by atoms with E-state index in [4.69, 9.17) is 0 Å². The highest BCUT2D eigenvalue weighted by Crippen LogP contribution is 2.42. The van der Waals surface area contributed by atoms with Crippen molar-refractivity contribution >= 4 is 0 Å². The van der Waals surface area contributed by atoms with E-state index in [1.807, 2.05) is 0 Å². The number of fused-ring (bicyclic) bond motifs is 3. The van der Waals surface area contributed by atoms with E-state index in [0.29, 0.717) is 0 Å². The van der Waals surface area contributed by atoms with Crippen molar-refractivity contribution < 1.29 is 4.57 Å². The number of aromatic nitrogens is 1. The number of benzene rings is 2. The summed E-state index contributed by atoms with van der Waals surface area (Å²) in [5, 5.41) is 0. The second-order valence-electron chi connectivity index (χ2n) is 6.75. The first-order valence-corrected chi connectivity index (χ1v) is 8.24. The molecule has 1 heterocycles. The van der Waals surface area contributed by atoms with E-state index in [2.05, 4.69) is 81.0 Å². The van der Waals surface area contributed by atoms with Gasteiger partial charge in [-0.1, -0.05) is 36.4 Å². The molecule has 0 radical (unpaired) electrons. The lowest BCUT2D eigenvalue weighted by atomic mass is 9.93. The van der Waals surface area contributed by atoms with Crippen molar-refractivity contribution in [2.45, 2.75) is 27.2 Å². The summed E-state index contributed by atoms with van der Waals surface area (Å²) in [5.41, 5.74) is 12.5. The zero-order chi connectivity index (χ0) is 16.1. The Bertz CT molecular complexity index is 935. The summed E-state index contributed by atoms with van der Waals surface area (Å²) in [5.74, 6) is 0. The van der Waals surface area contributed by atoms with Crippen molar-refractivity contribution in [3.8, 4) is 22.4 Å². The van der Waals surface area contributed by atoms with Crippen LogP contribution in [0.15, 0.2) is 48.7 Å². The SMILES string of the molecule is Cc1cc(-c2c(C)ccc3c2Cc2ccccc2-3)[n+](C)cc1C. The largest absolute Gasteiger partial charge is 0.213 e. The fraction of sp³-hybridized carbons (Fsp3) is 0.227. The van der Waals surface area contributed by atoms with Crippen LogP contribution in [-0.4, -0.2) is 0 Å². The monoisotopic (exact) mass is 300 g/mol. The molecule has 0 unspecified atom stereocenters. The van der Waals surface area contributed by atoms with Gasteiger partial charge in [0, 0.05) is 11.6 Å². The van der Waals surface area contributed by atoms with Crippen molar-refractivity contribution in [3.63, 3.8) is 0 Å². The Kier molecular flexibility index (Phi) is 3.12. The Balaban J connectivity index is 2.01. The Morgan fingerprint density at radius 1 is 0.826 bits per heavy atom. The van der Waals surface area contributed by atoms with Gasteiger partial charge in [0.15, 0.2) is 6.20 Å². The second-order valence-corrected chi connectivity index (χ2v) is 6.75. The van der Waals surface area contributed by atoms with Gasteiger partial charge >= 0.3 is 0 Å². The van der Waals surface area contributed by atoms with Crippen molar-refractivity contribution in [1.29, 1.82) is 0 Å². The van der Waals surface area contributed by atoms with Crippen LogP contribution < -0.4 is 4.57 Å². The third-order valence-electron chi connectivity index (χ3n) is 5.19. The van der Waals surface area contributed by atoms with Crippen molar-refractivity contribution in [2.75, 3.05) is 0 Å². The molecule has 0 saturated carbocycles. The molecular weight excluding hydrogens is 278 g/mol. The maximum Gasteiger partial charge on any atom is 0.213 e. The molecule has 1 aromatic heterocycles. The Morgan fingerprint density at radius 2 is 1.61 bits per heavy atom. The predicted octanol–water partition coefficient (Wildman–Crippen LogP) is 4.67. The molecule has 23 heavy (non-hydrogen) atoms. The summed E-state index contributed by atoms with van der Waals surface area (Å²) in [6, 6.07) is 15.7. The molecule has 1 nitrogen and oxygen atoms in total. The van der Waals surface area contributed by atoms with Gasteiger partial charge in [0.05, 0.1) is 5.56 Å². The molecular formula is C22H22N+. The van der Waals surface area contributed by atoms with Crippen LogP contribution in [0.1, 0.15) is 27.8 Å². The number of hydrogen-bond acceptors (Lipinski definition) is 0. The van der Waals surface area contributed by atoms with E-state index in [-0.39, 0.29) is 0 Å². The van der Waals surface area contributed by atoms with E-state index in [0.717, 1.165) is 6.42 Å². The molecule has 4 rings (SSSR count). The van der Waals surface area contributed by atoms with Crippen LogP contribution in [0.5, 0.6) is 0 Å². The van der Waals surface area contributed by atoms with Gasteiger partial charge in [-0.25, -0.2) is 4.57 Å². The molecule has 0 bridgehead atoms. The standard InChI is InChI=1S/C22H22N/c1-14-9-10-19-18-8-6-5-7-17(18)12-20(19)22(14)21-11-15(2)16(3)13-23(21)4/h5-11,13H,12H2,1-4H3/q+1. The highest BCUT2D eigenvalue weighted by molar-refractivity contribution is 5.84. The number of hydrogen-bond donors (Lipinski definition) is 0. The van der Waals surface area contributed by atoms with Gasteiger partial charge in [-0.15, -0.1) is 0 Å². The van der Waals surface area contributed by atoms with E-state index in [1.54, 1.807) is 0 Å². The lowest BCUT2D eigenvalue weighted by Gasteiger charge is -2.12. The first-order chi connectivity index (χ1) is 11.1. The third kappa shape index (κ3) is 2.11. The van der Waals surface area contributed by atoms with Gasteiger partial charge in [0.25, 0.3) is 0 Å². The minimum absolute atomic E-state index is 1.04. The second kappa shape index (κ2) is 5.06. The van der Waals surface area contributed by atoms with Crippen LogP contribution in [0.3, 0.4) is 0 Å². The summed E-state index contributed by atoms with van der Waals surface area (Å²) >= 11 is 0. The van der Waals surface area contributed by atoms with Crippen LogP contribution in [0.25, 0.3) is 22.4 Å². The average Bonchev–Trinajstić information content (AvgIpc) is 2.90. The molecule has 0 saturated heterocycles. The fourth-order valence-corrected chi connectivity index (χ4v) is 3.82. The van der Waals surface area contributed by atoms with Crippen LogP contribution in [0, 0.1) is 20.8 Å². The van der Waals surface area contributed by atoms with E-state index < -0.39 is 0 Å². The highest BCUT2D eigenvalue weighted by Gasteiger charge is 2.26. The average molecular weight is 300 g/mol. The number of aryl methyl sites for hydroxylation is 4. The zero-order valence-electron chi connectivity index (χ0n) is 14.3. The lowest BCUT2D eigenvalue weighted by Crippen LogP contribution is -2.32. The first kappa shape index (κ1) is 14.2. The van der Waals surface area contributed by atoms with E-state index in [9.17, 15) is 0 Å².